The molecule has 0 N–H and O–H groups in total. The standard InChI is InChI=1S/C17H24FN7O3/c1-11-21-25(15(26)22(11)5)13-12(18)10-19-14(20-13)23-6-8-24(9-7-23)16(27)28-17(2,3)4/h10H,6-9H2,1-5H3. The van der Waals surface area contributed by atoms with Crippen LogP contribution in [0.2, 0.25) is 0 Å². The number of aromatic nitrogens is 5. The molecule has 3 heterocycles. The molecule has 0 aromatic carbocycles. The number of nitrogens with zero attached hydrogens (tertiary/aromatic N) is 7. The molecule has 28 heavy (non-hydrogen) atoms. The van der Waals surface area contributed by atoms with Crippen LogP contribution in [0.3, 0.4) is 0 Å². The van der Waals surface area contributed by atoms with Crippen molar-refractivity contribution in [2.45, 2.75) is 33.3 Å². The Hall–Kier alpha value is -2.98. The number of halogens is 1. The smallest absolute Gasteiger partial charge is 0.410 e. The number of rotatable bonds is 2. The van der Waals surface area contributed by atoms with Crippen molar-refractivity contribution in [2.75, 3.05) is 31.1 Å². The quantitative estimate of drug-likeness (QED) is 0.746. The van der Waals surface area contributed by atoms with E-state index >= 15 is 0 Å². The van der Waals surface area contributed by atoms with Crippen molar-refractivity contribution < 1.29 is 13.9 Å². The highest BCUT2D eigenvalue weighted by atomic mass is 19.1. The highest BCUT2D eigenvalue weighted by molar-refractivity contribution is 5.68. The van der Waals surface area contributed by atoms with Crippen LogP contribution in [0.5, 0.6) is 0 Å². The van der Waals surface area contributed by atoms with Gasteiger partial charge in [-0.2, -0.15) is 9.67 Å². The molecule has 10 nitrogen and oxygen atoms in total. The van der Waals surface area contributed by atoms with E-state index in [-0.39, 0.29) is 17.9 Å². The lowest BCUT2D eigenvalue weighted by atomic mass is 10.2. The zero-order chi connectivity index (χ0) is 20.6. The van der Waals surface area contributed by atoms with Gasteiger partial charge in [0.1, 0.15) is 11.4 Å². The minimum Gasteiger partial charge on any atom is -0.444 e. The van der Waals surface area contributed by atoms with Gasteiger partial charge in [-0.1, -0.05) is 0 Å². The van der Waals surface area contributed by atoms with Crippen molar-refractivity contribution in [3.05, 3.63) is 28.3 Å². The number of carbonyl (C=O) groups is 1. The Kier molecular flexibility index (Phi) is 5.09. The molecule has 0 unspecified atom stereocenters. The largest absolute Gasteiger partial charge is 0.444 e. The third-order valence-corrected chi connectivity index (χ3v) is 4.33. The fourth-order valence-corrected chi connectivity index (χ4v) is 2.74. The molecule has 0 atom stereocenters. The summed E-state index contributed by atoms with van der Waals surface area (Å²) in [5.74, 6) is -0.226. The molecule has 1 aliphatic heterocycles. The lowest BCUT2D eigenvalue weighted by Gasteiger charge is -2.35. The van der Waals surface area contributed by atoms with Crippen molar-refractivity contribution in [1.29, 1.82) is 0 Å². The van der Waals surface area contributed by atoms with Gasteiger partial charge in [-0.15, -0.1) is 5.10 Å². The van der Waals surface area contributed by atoms with E-state index in [0.717, 1.165) is 10.9 Å². The average molecular weight is 393 g/mol. The number of piperazine rings is 1. The lowest BCUT2D eigenvalue weighted by Crippen LogP contribution is -2.50. The maximum atomic E-state index is 14.2. The molecule has 1 fully saturated rings. The average Bonchev–Trinajstić information content (AvgIpc) is 2.88. The van der Waals surface area contributed by atoms with Gasteiger partial charge >= 0.3 is 11.8 Å². The molecular formula is C17H24FN7O3. The van der Waals surface area contributed by atoms with Crippen molar-refractivity contribution >= 4 is 12.0 Å². The number of amides is 1. The molecule has 0 aliphatic carbocycles. The highest BCUT2D eigenvalue weighted by Gasteiger charge is 2.27. The van der Waals surface area contributed by atoms with Crippen molar-refractivity contribution in [2.24, 2.45) is 7.05 Å². The van der Waals surface area contributed by atoms with Gasteiger partial charge in [0.25, 0.3) is 0 Å². The second kappa shape index (κ2) is 7.21. The fourth-order valence-electron chi connectivity index (χ4n) is 2.74. The minimum atomic E-state index is -0.739. The van der Waals surface area contributed by atoms with Crippen molar-refractivity contribution in [1.82, 2.24) is 29.2 Å². The molecule has 152 valence electrons. The minimum absolute atomic E-state index is 0.201. The summed E-state index contributed by atoms with van der Waals surface area (Å²) in [7, 11) is 1.55. The zero-order valence-corrected chi connectivity index (χ0v) is 16.6. The van der Waals surface area contributed by atoms with Crippen LogP contribution < -0.4 is 10.6 Å². The summed E-state index contributed by atoms with van der Waals surface area (Å²) in [4.78, 5) is 36.1. The van der Waals surface area contributed by atoms with Gasteiger partial charge in [-0.05, 0) is 27.7 Å². The molecular weight excluding hydrogens is 369 g/mol. The second-order valence-electron chi connectivity index (χ2n) is 7.60. The molecule has 1 saturated heterocycles. The number of hydrogen-bond acceptors (Lipinski definition) is 7. The van der Waals surface area contributed by atoms with Crippen LogP contribution >= 0.6 is 0 Å². The Balaban J connectivity index is 1.77. The first-order valence-corrected chi connectivity index (χ1v) is 8.95. The maximum Gasteiger partial charge on any atom is 0.410 e. The van der Waals surface area contributed by atoms with Crippen LogP contribution in [-0.4, -0.2) is 67.1 Å². The summed E-state index contributed by atoms with van der Waals surface area (Å²) in [6.45, 7) is 8.86. The molecule has 0 spiro atoms. The van der Waals surface area contributed by atoms with Gasteiger partial charge in [-0.25, -0.2) is 19.0 Å². The Morgan fingerprint density at radius 2 is 1.86 bits per heavy atom. The van der Waals surface area contributed by atoms with Crippen molar-refractivity contribution in [3.63, 3.8) is 0 Å². The van der Waals surface area contributed by atoms with Crippen LogP contribution in [0.25, 0.3) is 5.82 Å². The fraction of sp³-hybridized carbons (Fsp3) is 0.588. The first kappa shape index (κ1) is 19.8. The Morgan fingerprint density at radius 3 is 2.39 bits per heavy atom. The molecule has 2 aromatic heterocycles. The first-order chi connectivity index (χ1) is 13.1. The van der Waals surface area contributed by atoms with E-state index < -0.39 is 17.1 Å². The molecule has 0 bridgehead atoms. The normalized spacial score (nSPS) is 15.1. The zero-order valence-electron chi connectivity index (χ0n) is 16.6. The summed E-state index contributed by atoms with van der Waals surface area (Å²) < 4.78 is 21.9. The van der Waals surface area contributed by atoms with Crippen LogP contribution in [0.1, 0.15) is 26.6 Å². The molecule has 1 amide bonds. The monoisotopic (exact) mass is 393 g/mol. The Bertz CT molecular complexity index is 939. The van der Waals surface area contributed by atoms with E-state index in [4.69, 9.17) is 4.74 Å². The summed E-state index contributed by atoms with van der Waals surface area (Å²) in [6.07, 6.45) is 0.650. The highest BCUT2D eigenvalue weighted by Crippen LogP contribution is 2.17. The third kappa shape index (κ3) is 3.97. The number of ether oxygens (including phenoxy) is 1. The topological polar surface area (TPSA) is 98.4 Å². The van der Waals surface area contributed by atoms with Gasteiger partial charge < -0.3 is 14.5 Å². The van der Waals surface area contributed by atoms with Gasteiger partial charge in [-0.3, -0.25) is 4.57 Å². The Labute approximate surface area is 161 Å². The summed E-state index contributed by atoms with van der Waals surface area (Å²) >= 11 is 0. The van der Waals surface area contributed by atoms with E-state index in [1.54, 1.807) is 18.9 Å². The van der Waals surface area contributed by atoms with Gasteiger partial charge in [0.15, 0.2) is 11.6 Å². The van der Waals surface area contributed by atoms with E-state index in [1.165, 1.54) is 4.57 Å². The predicted molar refractivity (Wildman–Crippen MR) is 99.1 cm³/mol. The lowest BCUT2D eigenvalue weighted by molar-refractivity contribution is 0.0240. The van der Waals surface area contributed by atoms with Crippen molar-refractivity contribution in [3.8, 4) is 5.82 Å². The van der Waals surface area contributed by atoms with Crippen LogP contribution in [-0.2, 0) is 11.8 Å². The van der Waals surface area contributed by atoms with E-state index in [9.17, 15) is 14.0 Å². The van der Waals surface area contributed by atoms with Gasteiger partial charge in [0.05, 0.1) is 6.20 Å². The van der Waals surface area contributed by atoms with Crippen LogP contribution in [0.4, 0.5) is 15.1 Å². The van der Waals surface area contributed by atoms with E-state index in [2.05, 4.69) is 15.1 Å². The molecule has 11 heteroatoms. The van der Waals surface area contributed by atoms with Crippen LogP contribution in [0.15, 0.2) is 11.0 Å². The van der Waals surface area contributed by atoms with E-state index in [1.807, 2.05) is 25.7 Å². The molecule has 1 aliphatic rings. The second-order valence-corrected chi connectivity index (χ2v) is 7.60. The summed E-state index contributed by atoms with van der Waals surface area (Å²) in [5.41, 5.74) is -1.05. The third-order valence-electron chi connectivity index (χ3n) is 4.33. The molecule has 0 radical (unpaired) electrons. The van der Waals surface area contributed by atoms with E-state index in [0.29, 0.717) is 32.0 Å². The first-order valence-electron chi connectivity index (χ1n) is 8.95. The molecule has 2 aromatic rings. The summed E-state index contributed by atoms with van der Waals surface area (Å²) in [5, 5.41) is 4.05. The molecule has 3 rings (SSSR count). The number of carbonyl (C=O) groups excluding carboxylic acids is 1. The number of hydrogen-bond donors (Lipinski definition) is 0. The maximum absolute atomic E-state index is 14.2. The van der Waals surface area contributed by atoms with Gasteiger partial charge in [0, 0.05) is 33.2 Å². The SMILES string of the molecule is Cc1nn(-c2nc(N3CCN(C(=O)OC(C)(C)C)CC3)ncc2F)c(=O)n1C. The number of aryl methyl sites for hydroxylation is 1. The number of anilines is 1. The Morgan fingerprint density at radius 1 is 1.21 bits per heavy atom. The van der Waals surface area contributed by atoms with Gasteiger partial charge in [0.2, 0.25) is 5.95 Å². The van der Waals surface area contributed by atoms with Crippen LogP contribution in [0, 0.1) is 12.7 Å². The summed E-state index contributed by atoms with van der Waals surface area (Å²) in [6, 6.07) is 0. The predicted octanol–water partition coefficient (Wildman–Crippen LogP) is 0.866. The molecule has 0 saturated carbocycles.